The van der Waals surface area contributed by atoms with Gasteiger partial charge in [-0.3, -0.25) is 0 Å². The quantitative estimate of drug-likeness (QED) is 0.763. The van der Waals surface area contributed by atoms with E-state index in [1.807, 2.05) is 13.1 Å². The first-order valence-corrected chi connectivity index (χ1v) is 7.23. The molecule has 0 saturated carbocycles. The van der Waals surface area contributed by atoms with Crippen molar-refractivity contribution in [2.45, 2.75) is 19.9 Å². The maximum atomic E-state index is 5.98. The zero-order valence-corrected chi connectivity index (χ0v) is 12.2. The molecule has 0 aliphatic carbocycles. The minimum Gasteiger partial charge on any atom is -0.459 e. The van der Waals surface area contributed by atoms with E-state index in [0.29, 0.717) is 0 Å². The molecule has 3 aromatic rings. The van der Waals surface area contributed by atoms with E-state index in [-0.39, 0.29) is 6.04 Å². The van der Waals surface area contributed by atoms with Crippen LogP contribution in [0.25, 0.3) is 11.0 Å². The van der Waals surface area contributed by atoms with E-state index in [9.17, 15) is 0 Å². The number of benzene rings is 1. The largest absolute Gasteiger partial charge is 0.459 e. The molecule has 0 aliphatic rings. The van der Waals surface area contributed by atoms with Crippen LogP contribution in [0.3, 0.4) is 0 Å². The average Bonchev–Trinajstić information content (AvgIpc) is 2.96. The lowest BCUT2D eigenvalue weighted by Crippen LogP contribution is -2.15. The molecule has 0 aliphatic heterocycles. The Kier molecular flexibility index (Phi) is 3.17. The zero-order valence-electron chi connectivity index (χ0n) is 11.4. The second-order valence-electron chi connectivity index (χ2n) is 4.86. The van der Waals surface area contributed by atoms with Crippen LogP contribution in [0.1, 0.15) is 27.1 Å². The van der Waals surface area contributed by atoms with E-state index in [1.165, 1.54) is 20.7 Å². The predicted octanol–water partition coefficient (Wildman–Crippen LogP) is 4.42. The van der Waals surface area contributed by atoms with E-state index >= 15 is 0 Å². The highest BCUT2D eigenvalue weighted by atomic mass is 32.1. The average molecular weight is 271 g/mol. The van der Waals surface area contributed by atoms with Crippen LogP contribution in [0.15, 0.2) is 40.8 Å². The van der Waals surface area contributed by atoms with E-state index in [2.05, 4.69) is 49.5 Å². The topological polar surface area (TPSA) is 25.2 Å². The van der Waals surface area contributed by atoms with Gasteiger partial charge in [-0.25, -0.2) is 0 Å². The summed E-state index contributed by atoms with van der Waals surface area (Å²) < 4.78 is 5.98. The van der Waals surface area contributed by atoms with Gasteiger partial charge < -0.3 is 9.73 Å². The summed E-state index contributed by atoms with van der Waals surface area (Å²) in [5, 5.41) is 4.51. The third-order valence-corrected chi connectivity index (χ3v) is 4.38. The Hall–Kier alpha value is -1.58. The van der Waals surface area contributed by atoms with Gasteiger partial charge in [0.25, 0.3) is 0 Å². The Balaban J connectivity index is 2.06. The summed E-state index contributed by atoms with van der Waals surface area (Å²) >= 11 is 1.81. The molecule has 3 rings (SSSR count). The molecule has 1 unspecified atom stereocenters. The molecular weight excluding hydrogens is 254 g/mol. The smallest absolute Gasteiger partial charge is 0.134 e. The van der Waals surface area contributed by atoms with Crippen LogP contribution >= 0.6 is 11.3 Å². The van der Waals surface area contributed by atoms with Crippen LogP contribution < -0.4 is 5.32 Å². The first-order chi connectivity index (χ1) is 9.17. The molecule has 0 bridgehead atoms. The lowest BCUT2D eigenvalue weighted by molar-refractivity contribution is 0.495. The maximum Gasteiger partial charge on any atom is 0.134 e. The Morgan fingerprint density at radius 2 is 1.95 bits per heavy atom. The first kappa shape index (κ1) is 12.5. The fourth-order valence-corrected chi connectivity index (χ4v) is 3.35. The van der Waals surface area contributed by atoms with Crippen molar-refractivity contribution in [3.63, 3.8) is 0 Å². The van der Waals surface area contributed by atoms with Gasteiger partial charge in [-0.1, -0.05) is 11.6 Å². The number of thiophene rings is 1. The van der Waals surface area contributed by atoms with Crippen LogP contribution in [-0.4, -0.2) is 7.05 Å². The predicted molar refractivity (Wildman–Crippen MR) is 80.9 cm³/mol. The van der Waals surface area contributed by atoms with Gasteiger partial charge >= 0.3 is 0 Å². The van der Waals surface area contributed by atoms with E-state index in [1.54, 1.807) is 11.3 Å². The molecule has 2 nitrogen and oxygen atoms in total. The minimum absolute atomic E-state index is 0.131. The second-order valence-corrected chi connectivity index (χ2v) is 6.18. The molecule has 3 heteroatoms. The van der Waals surface area contributed by atoms with Gasteiger partial charge in [0, 0.05) is 15.1 Å². The van der Waals surface area contributed by atoms with Gasteiger partial charge in [0.2, 0.25) is 0 Å². The summed E-state index contributed by atoms with van der Waals surface area (Å²) in [6.45, 7) is 4.23. The monoisotopic (exact) mass is 271 g/mol. The fourth-order valence-electron chi connectivity index (χ4n) is 2.36. The molecule has 1 atom stereocenters. The van der Waals surface area contributed by atoms with Gasteiger partial charge in [0.1, 0.15) is 17.4 Å². The van der Waals surface area contributed by atoms with Gasteiger partial charge in [-0.05, 0) is 51.2 Å². The lowest BCUT2D eigenvalue weighted by atomic mass is 10.1. The molecule has 1 aromatic carbocycles. The van der Waals surface area contributed by atoms with Crippen molar-refractivity contribution in [2.24, 2.45) is 0 Å². The number of hydrogen-bond acceptors (Lipinski definition) is 3. The van der Waals surface area contributed by atoms with Crippen molar-refractivity contribution in [2.75, 3.05) is 7.05 Å². The highest BCUT2D eigenvalue weighted by Gasteiger charge is 2.18. The third-order valence-electron chi connectivity index (χ3n) is 3.31. The zero-order chi connectivity index (χ0) is 13.4. The molecular formula is C16H17NOS. The van der Waals surface area contributed by atoms with Gasteiger partial charge in [0.05, 0.1) is 0 Å². The summed E-state index contributed by atoms with van der Waals surface area (Å²) in [5.41, 5.74) is 2.21. The summed E-state index contributed by atoms with van der Waals surface area (Å²) in [7, 11) is 1.97. The van der Waals surface area contributed by atoms with Crippen LogP contribution in [0, 0.1) is 13.8 Å². The Morgan fingerprint density at radius 3 is 2.63 bits per heavy atom. The van der Waals surface area contributed by atoms with Crippen molar-refractivity contribution in [1.82, 2.24) is 5.32 Å². The lowest BCUT2D eigenvalue weighted by Gasteiger charge is -2.10. The second kappa shape index (κ2) is 4.83. The Bertz CT molecular complexity index is 710. The van der Waals surface area contributed by atoms with Gasteiger partial charge in [-0.15, -0.1) is 11.3 Å². The molecule has 0 amide bonds. The van der Waals surface area contributed by atoms with E-state index in [0.717, 1.165) is 11.3 Å². The number of aryl methyl sites for hydroxylation is 2. The van der Waals surface area contributed by atoms with Gasteiger partial charge in [-0.2, -0.15) is 0 Å². The molecule has 1 N–H and O–H groups in total. The van der Waals surface area contributed by atoms with Crippen molar-refractivity contribution >= 4 is 22.3 Å². The summed E-state index contributed by atoms with van der Waals surface area (Å²) in [6.07, 6.45) is 0. The highest BCUT2D eigenvalue weighted by Crippen LogP contribution is 2.31. The number of fused-ring (bicyclic) bond motifs is 1. The highest BCUT2D eigenvalue weighted by molar-refractivity contribution is 7.12. The fraction of sp³-hybridized carbons (Fsp3) is 0.250. The minimum atomic E-state index is 0.131. The van der Waals surface area contributed by atoms with E-state index < -0.39 is 0 Å². The number of hydrogen-bond donors (Lipinski definition) is 1. The molecule has 0 spiro atoms. The Morgan fingerprint density at radius 1 is 1.11 bits per heavy atom. The molecule has 98 valence electrons. The van der Waals surface area contributed by atoms with Crippen molar-refractivity contribution < 1.29 is 4.42 Å². The van der Waals surface area contributed by atoms with Crippen LogP contribution in [-0.2, 0) is 0 Å². The summed E-state index contributed by atoms with van der Waals surface area (Å²) in [4.78, 5) is 2.61. The standard InChI is InChI=1S/C16H17NOS/c1-10-4-6-13-12(8-10)9-14(18-13)16(17-3)15-7-5-11(2)19-15/h4-9,16-17H,1-3H3. The van der Waals surface area contributed by atoms with E-state index in [4.69, 9.17) is 4.42 Å². The van der Waals surface area contributed by atoms with Crippen molar-refractivity contribution in [3.8, 4) is 0 Å². The maximum absolute atomic E-state index is 5.98. The van der Waals surface area contributed by atoms with Crippen LogP contribution in [0.2, 0.25) is 0 Å². The number of furan rings is 1. The third kappa shape index (κ3) is 2.31. The molecule has 0 fully saturated rings. The summed E-state index contributed by atoms with van der Waals surface area (Å²) in [5.74, 6) is 0.977. The van der Waals surface area contributed by atoms with Gasteiger partial charge in [0.15, 0.2) is 0 Å². The molecule has 2 heterocycles. The molecule has 19 heavy (non-hydrogen) atoms. The van der Waals surface area contributed by atoms with Crippen molar-refractivity contribution in [3.05, 3.63) is 57.5 Å². The molecule has 2 aromatic heterocycles. The Labute approximate surface area is 117 Å². The first-order valence-electron chi connectivity index (χ1n) is 6.41. The SMILES string of the molecule is CNC(c1cc2cc(C)ccc2o1)c1ccc(C)s1. The number of rotatable bonds is 3. The number of nitrogens with one attached hydrogen (secondary N) is 1. The molecule has 0 saturated heterocycles. The summed E-state index contributed by atoms with van der Waals surface area (Å²) in [6, 6.07) is 12.9. The normalized spacial score (nSPS) is 13.0. The molecule has 0 radical (unpaired) electrons. The van der Waals surface area contributed by atoms with Crippen LogP contribution in [0.5, 0.6) is 0 Å². The van der Waals surface area contributed by atoms with Crippen molar-refractivity contribution in [1.29, 1.82) is 0 Å². The van der Waals surface area contributed by atoms with Crippen LogP contribution in [0.4, 0.5) is 0 Å².